The van der Waals surface area contributed by atoms with Crippen LogP contribution in [-0.2, 0) is 0 Å². The zero-order valence-electron chi connectivity index (χ0n) is 10.1. The van der Waals surface area contributed by atoms with E-state index in [1.165, 1.54) is 11.3 Å². The van der Waals surface area contributed by atoms with Crippen molar-refractivity contribution in [3.8, 4) is 0 Å². The Morgan fingerprint density at radius 1 is 1.33 bits per heavy atom. The Labute approximate surface area is 95.7 Å². The molecule has 0 bridgehead atoms. The van der Waals surface area contributed by atoms with E-state index in [1.54, 1.807) is 6.20 Å². The Bertz CT molecular complexity index is 333. The highest BCUT2D eigenvalue weighted by Gasteiger charge is 2.34. The molecule has 0 spiro atoms. The summed E-state index contributed by atoms with van der Waals surface area (Å²) in [5, 5.41) is 2.48. The van der Waals surface area contributed by atoms with Gasteiger partial charge in [0.25, 0.3) is 0 Å². The smallest absolute Gasteiger partial charge is 0.196 e. The number of thiazole rings is 1. The van der Waals surface area contributed by atoms with E-state index in [0.717, 1.165) is 6.42 Å². The summed E-state index contributed by atoms with van der Waals surface area (Å²) >= 11 is 1.42. The number of rotatable bonds is 3. The molecule has 0 amide bonds. The van der Waals surface area contributed by atoms with Crippen LogP contribution >= 0.6 is 11.3 Å². The number of Topliss-reactive ketones (excluding diaryl/α,β-unsaturated/α-hetero) is 1. The highest BCUT2D eigenvalue weighted by molar-refractivity contribution is 7.11. The van der Waals surface area contributed by atoms with Gasteiger partial charge < -0.3 is 0 Å². The van der Waals surface area contributed by atoms with Crippen LogP contribution in [0.5, 0.6) is 0 Å². The van der Waals surface area contributed by atoms with Gasteiger partial charge >= 0.3 is 0 Å². The number of carbonyl (C=O) groups is 1. The van der Waals surface area contributed by atoms with Crippen LogP contribution in [0.15, 0.2) is 11.6 Å². The van der Waals surface area contributed by atoms with Crippen molar-refractivity contribution in [2.75, 3.05) is 0 Å². The normalized spacial score (nSPS) is 12.9. The van der Waals surface area contributed by atoms with Crippen LogP contribution in [0.25, 0.3) is 0 Å². The molecular weight excluding hydrogens is 206 g/mol. The van der Waals surface area contributed by atoms with E-state index in [2.05, 4.69) is 25.8 Å². The number of nitrogens with zero attached hydrogens (tertiary/aromatic N) is 1. The summed E-state index contributed by atoms with van der Waals surface area (Å²) in [6.45, 7) is 10.5. The number of hydrogen-bond acceptors (Lipinski definition) is 3. The van der Waals surface area contributed by atoms with Gasteiger partial charge in [-0.15, -0.1) is 11.3 Å². The van der Waals surface area contributed by atoms with Crippen molar-refractivity contribution >= 4 is 17.1 Å². The predicted molar refractivity (Wildman–Crippen MR) is 64.3 cm³/mol. The minimum Gasteiger partial charge on any atom is -0.291 e. The van der Waals surface area contributed by atoms with Crippen LogP contribution < -0.4 is 0 Å². The summed E-state index contributed by atoms with van der Waals surface area (Å²) in [4.78, 5) is 16.2. The van der Waals surface area contributed by atoms with Crippen LogP contribution in [-0.4, -0.2) is 10.8 Å². The second-order valence-electron chi connectivity index (χ2n) is 5.79. The second kappa shape index (κ2) is 4.05. The molecule has 0 fully saturated rings. The monoisotopic (exact) mass is 225 g/mol. The summed E-state index contributed by atoms with van der Waals surface area (Å²) in [6.07, 6.45) is 2.56. The minimum absolute atomic E-state index is 0.160. The molecule has 3 heteroatoms. The molecule has 0 aliphatic rings. The lowest BCUT2D eigenvalue weighted by molar-refractivity contribution is 0.0770. The van der Waals surface area contributed by atoms with Crippen molar-refractivity contribution in [2.24, 2.45) is 10.8 Å². The molecule has 1 aromatic rings. The zero-order chi connectivity index (χ0) is 11.7. The topological polar surface area (TPSA) is 30.0 Å². The van der Waals surface area contributed by atoms with Crippen LogP contribution in [0.1, 0.15) is 50.8 Å². The quantitative estimate of drug-likeness (QED) is 0.733. The SMILES string of the molecule is CC(C)(C)CC(C)(C)C(=O)c1nccs1. The van der Waals surface area contributed by atoms with Crippen molar-refractivity contribution in [1.29, 1.82) is 0 Å². The standard InChI is InChI=1S/C12H19NOS/c1-11(2,3)8-12(4,5)9(14)10-13-6-7-15-10/h6-7H,8H2,1-5H3. The van der Waals surface area contributed by atoms with E-state index in [0.29, 0.717) is 5.01 Å². The molecule has 2 nitrogen and oxygen atoms in total. The Balaban J connectivity index is 2.83. The van der Waals surface area contributed by atoms with Crippen molar-refractivity contribution in [3.05, 3.63) is 16.6 Å². The fourth-order valence-electron chi connectivity index (χ4n) is 2.03. The maximum Gasteiger partial charge on any atom is 0.196 e. The maximum atomic E-state index is 12.2. The lowest BCUT2D eigenvalue weighted by Crippen LogP contribution is -2.29. The Hall–Kier alpha value is -0.700. The van der Waals surface area contributed by atoms with Crippen molar-refractivity contribution in [3.63, 3.8) is 0 Å². The minimum atomic E-state index is -0.323. The van der Waals surface area contributed by atoms with Crippen LogP contribution in [0.2, 0.25) is 0 Å². The number of carbonyl (C=O) groups excluding carboxylic acids is 1. The molecule has 0 aromatic carbocycles. The van der Waals surface area contributed by atoms with Gasteiger partial charge in [-0.1, -0.05) is 34.6 Å². The third kappa shape index (κ3) is 3.42. The van der Waals surface area contributed by atoms with Crippen LogP contribution in [0.3, 0.4) is 0 Å². The van der Waals surface area contributed by atoms with Gasteiger partial charge in [-0.2, -0.15) is 0 Å². The average molecular weight is 225 g/mol. The zero-order valence-corrected chi connectivity index (χ0v) is 10.9. The van der Waals surface area contributed by atoms with Gasteiger partial charge in [-0.05, 0) is 11.8 Å². The Kier molecular flexibility index (Phi) is 3.34. The van der Waals surface area contributed by atoms with E-state index in [-0.39, 0.29) is 16.6 Å². The third-order valence-electron chi connectivity index (χ3n) is 2.21. The number of aromatic nitrogens is 1. The first kappa shape index (κ1) is 12.4. The summed E-state index contributed by atoms with van der Waals surface area (Å²) in [5.41, 5.74) is -0.160. The largest absolute Gasteiger partial charge is 0.291 e. The Morgan fingerprint density at radius 2 is 1.93 bits per heavy atom. The highest BCUT2D eigenvalue weighted by Crippen LogP contribution is 2.35. The van der Waals surface area contributed by atoms with Crippen molar-refractivity contribution in [1.82, 2.24) is 4.98 Å². The molecule has 0 atom stereocenters. The molecular formula is C12H19NOS. The first-order chi connectivity index (χ1) is 6.72. The molecule has 0 unspecified atom stereocenters. The van der Waals surface area contributed by atoms with E-state index >= 15 is 0 Å². The first-order valence-corrected chi connectivity index (χ1v) is 6.05. The molecule has 0 radical (unpaired) electrons. The van der Waals surface area contributed by atoms with Gasteiger partial charge in [0.1, 0.15) is 0 Å². The molecule has 0 aliphatic heterocycles. The molecule has 0 saturated heterocycles. The van der Waals surface area contributed by atoms with E-state index in [9.17, 15) is 4.79 Å². The molecule has 0 N–H and O–H groups in total. The van der Waals surface area contributed by atoms with Gasteiger partial charge in [0, 0.05) is 17.0 Å². The molecule has 15 heavy (non-hydrogen) atoms. The van der Waals surface area contributed by atoms with Gasteiger partial charge in [0.05, 0.1) is 0 Å². The number of ketones is 1. The summed E-state index contributed by atoms with van der Waals surface area (Å²) in [7, 11) is 0. The fraction of sp³-hybridized carbons (Fsp3) is 0.667. The van der Waals surface area contributed by atoms with Gasteiger partial charge in [0.15, 0.2) is 10.8 Å². The molecule has 0 aliphatic carbocycles. The Morgan fingerprint density at radius 3 is 2.33 bits per heavy atom. The maximum absolute atomic E-state index is 12.2. The van der Waals surface area contributed by atoms with Crippen LogP contribution in [0.4, 0.5) is 0 Å². The van der Waals surface area contributed by atoms with Crippen molar-refractivity contribution < 1.29 is 4.79 Å². The first-order valence-electron chi connectivity index (χ1n) is 5.17. The van der Waals surface area contributed by atoms with Crippen LogP contribution in [0, 0.1) is 10.8 Å². The van der Waals surface area contributed by atoms with Crippen molar-refractivity contribution in [2.45, 2.75) is 41.0 Å². The lowest BCUT2D eigenvalue weighted by Gasteiger charge is -2.30. The second-order valence-corrected chi connectivity index (χ2v) is 6.68. The van der Waals surface area contributed by atoms with Gasteiger partial charge in [-0.3, -0.25) is 4.79 Å². The average Bonchev–Trinajstić information content (AvgIpc) is 2.49. The molecule has 1 aromatic heterocycles. The molecule has 84 valence electrons. The summed E-state index contributed by atoms with van der Waals surface area (Å²) in [6, 6.07) is 0. The summed E-state index contributed by atoms with van der Waals surface area (Å²) < 4.78 is 0. The molecule has 1 rings (SSSR count). The van der Waals surface area contributed by atoms with E-state index in [1.807, 2.05) is 19.2 Å². The molecule has 0 saturated carbocycles. The molecule has 1 heterocycles. The van der Waals surface area contributed by atoms with Gasteiger partial charge in [-0.25, -0.2) is 4.98 Å². The van der Waals surface area contributed by atoms with E-state index < -0.39 is 0 Å². The lowest BCUT2D eigenvalue weighted by atomic mass is 9.74. The predicted octanol–water partition coefficient (Wildman–Crippen LogP) is 3.79. The number of hydrogen-bond donors (Lipinski definition) is 0. The van der Waals surface area contributed by atoms with E-state index in [4.69, 9.17) is 0 Å². The third-order valence-corrected chi connectivity index (χ3v) is 2.99. The fourth-order valence-corrected chi connectivity index (χ4v) is 2.79. The highest BCUT2D eigenvalue weighted by atomic mass is 32.1. The summed E-state index contributed by atoms with van der Waals surface area (Å²) in [5.74, 6) is 0.160. The van der Waals surface area contributed by atoms with Gasteiger partial charge in [0.2, 0.25) is 0 Å².